The average molecular weight is 1110 g/mol. The SMILES string of the molecule is C=C/C=C(\C=C)c1nc(-c2ccccc2)nc(-c2cccc(-c3cc4c5c(c3C)-c3cc(C6=C(C)CCC=C6C)cc6c7cc(C(=C(C)C)/C(C)=C\C)ccc7n(c36)B5c3ccccc3N4c3cc(-c4ccccc4)cc(-c4ccccc4)c3)c2)n1. The van der Waals surface area contributed by atoms with Gasteiger partial charge in [0, 0.05) is 61.1 Å². The number of rotatable bonds is 12. The molecule has 11 aromatic rings. The van der Waals surface area contributed by atoms with E-state index < -0.39 is 0 Å². The molecule has 3 aliphatic rings. The second-order valence-electron chi connectivity index (χ2n) is 23.4. The van der Waals surface area contributed by atoms with Crippen molar-refractivity contribution in [2.24, 2.45) is 0 Å². The predicted molar refractivity (Wildman–Crippen MR) is 367 cm³/mol. The van der Waals surface area contributed by atoms with Crippen LogP contribution >= 0.6 is 0 Å². The van der Waals surface area contributed by atoms with Crippen LogP contribution in [0.5, 0.6) is 0 Å². The molecule has 0 saturated carbocycles. The van der Waals surface area contributed by atoms with Gasteiger partial charge in [0.1, 0.15) is 0 Å². The Morgan fingerprint density at radius 3 is 1.87 bits per heavy atom. The summed E-state index contributed by atoms with van der Waals surface area (Å²) in [7, 11) is 0. The molecule has 414 valence electrons. The van der Waals surface area contributed by atoms with Gasteiger partial charge in [-0.2, -0.15) is 0 Å². The quantitative estimate of drug-likeness (QED) is 0.0903. The normalized spacial score (nSPS) is 13.6. The molecule has 0 fully saturated rings. The molecule has 0 amide bonds. The monoisotopic (exact) mass is 1110 g/mol. The second kappa shape index (κ2) is 21.8. The lowest BCUT2D eigenvalue weighted by molar-refractivity contribution is 0.953. The van der Waals surface area contributed by atoms with E-state index in [0.717, 1.165) is 80.0 Å². The summed E-state index contributed by atoms with van der Waals surface area (Å²) < 4.78 is 2.71. The molecule has 4 heterocycles. The van der Waals surface area contributed by atoms with E-state index in [2.05, 4.69) is 247 Å². The lowest BCUT2D eigenvalue weighted by Gasteiger charge is -2.42. The molecule has 86 heavy (non-hydrogen) atoms. The molecular formula is C80H66BN5. The Morgan fingerprint density at radius 2 is 1.21 bits per heavy atom. The van der Waals surface area contributed by atoms with Crippen LogP contribution in [0.25, 0.3) is 106 Å². The lowest BCUT2D eigenvalue weighted by atomic mass is 9.44. The third-order valence-corrected chi connectivity index (χ3v) is 18.0. The topological polar surface area (TPSA) is 46.8 Å². The van der Waals surface area contributed by atoms with E-state index in [9.17, 15) is 0 Å². The number of para-hydroxylation sites is 1. The van der Waals surface area contributed by atoms with Crippen LogP contribution in [0, 0.1) is 6.92 Å². The van der Waals surface area contributed by atoms with Crippen LogP contribution in [-0.2, 0) is 0 Å². The smallest absolute Gasteiger partial charge is 0.333 e. The summed E-state index contributed by atoms with van der Waals surface area (Å²) in [6.07, 6.45) is 12.2. The van der Waals surface area contributed by atoms with Crippen molar-refractivity contribution in [1.82, 2.24) is 19.4 Å². The van der Waals surface area contributed by atoms with Crippen molar-refractivity contribution < 1.29 is 0 Å². The first kappa shape index (κ1) is 53.8. The fraction of sp³-hybridized carbons (Fsp3) is 0.113. The Hall–Kier alpha value is -10.2. The summed E-state index contributed by atoms with van der Waals surface area (Å²) in [6, 6.07) is 71.7. The van der Waals surface area contributed by atoms with Crippen LogP contribution in [-0.4, -0.2) is 26.3 Å². The van der Waals surface area contributed by atoms with Crippen molar-refractivity contribution in [3.05, 3.63) is 282 Å². The molecule has 9 aromatic carbocycles. The molecule has 0 atom stereocenters. The van der Waals surface area contributed by atoms with Gasteiger partial charge in [-0.05, 0) is 211 Å². The Labute approximate surface area is 505 Å². The number of hydrogen-bond donors (Lipinski definition) is 0. The molecule has 14 rings (SSSR count). The van der Waals surface area contributed by atoms with Gasteiger partial charge in [0.15, 0.2) is 17.5 Å². The highest BCUT2D eigenvalue weighted by Gasteiger charge is 2.44. The van der Waals surface area contributed by atoms with Crippen LogP contribution in [0.15, 0.2) is 260 Å². The molecule has 1 aliphatic carbocycles. The molecule has 2 aliphatic heterocycles. The van der Waals surface area contributed by atoms with Gasteiger partial charge in [-0.25, -0.2) is 15.0 Å². The van der Waals surface area contributed by atoms with E-state index in [1.807, 2.05) is 36.4 Å². The highest BCUT2D eigenvalue weighted by Crippen LogP contribution is 2.51. The van der Waals surface area contributed by atoms with Crippen LogP contribution in [0.3, 0.4) is 0 Å². The van der Waals surface area contributed by atoms with Crippen molar-refractivity contribution in [1.29, 1.82) is 0 Å². The van der Waals surface area contributed by atoms with E-state index in [1.165, 1.54) is 94.0 Å². The third-order valence-electron chi connectivity index (χ3n) is 18.0. The van der Waals surface area contributed by atoms with Gasteiger partial charge >= 0.3 is 6.85 Å². The predicted octanol–water partition coefficient (Wildman–Crippen LogP) is 20.1. The van der Waals surface area contributed by atoms with Gasteiger partial charge in [-0.1, -0.05) is 188 Å². The minimum absolute atomic E-state index is 0.165. The zero-order valence-electron chi connectivity index (χ0n) is 50.0. The van der Waals surface area contributed by atoms with Crippen molar-refractivity contribution in [2.75, 3.05) is 4.90 Å². The first-order valence-electron chi connectivity index (χ1n) is 30.0. The Kier molecular flexibility index (Phi) is 13.6. The zero-order chi connectivity index (χ0) is 58.9. The summed E-state index contributed by atoms with van der Waals surface area (Å²) in [5.41, 5.74) is 32.0. The molecule has 0 N–H and O–H groups in total. The third kappa shape index (κ3) is 8.98. The lowest BCUT2D eigenvalue weighted by Crippen LogP contribution is -2.56. The van der Waals surface area contributed by atoms with E-state index in [1.54, 1.807) is 12.2 Å². The van der Waals surface area contributed by atoms with Gasteiger partial charge < -0.3 is 9.38 Å². The Morgan fingerprint density at radius 1 is 0.570 bits per heavy atom. The molecule has 0 saturated heterocycles. The zero-order valence-corrected chi connectivity index (χ0v) is 50.0. The maximum atomic E-state index is 5.22. The minimum atomic E-state index is -0.165. The average Bonchev–Trinajstić information content (AvgIpc) is 1.34. The maximum Gasteiger partial charge on any atom is 0.333 e. The van der Waals surface area contributed by atoms with Crippen LogP contribution in [0.1, 0.15) is 76.9 Å². The van der Waals surface area contributed by atoms with Crippen molar-refractivity contribution >= 4 is 73.4 Å². The standard InChI is InChI=1S/C80H66BN5/c1-10-26-54(12-3)78-82-79(57-33-20-15-21-34-57)84-80(83-78)60-36-25-35-58(41-60)65-48-72-76-75(53(65)9)68-47-63(74-51(7)27-24-28-52(74)8)46-67-66-45-59(73(49(4)5)50(6)11-2)39-40-70(66)86(77(67)68)81(76)69-37-22-23-38-71(69)85(72)64-43-61(55-29-16-13-17-30-55)42-62(44-64)56-31-18-14-19-32-56/h10-23,25-27,29-48H,1,3,24,28H2,2,4-9H3/b50-11-,54-26+. The number of nitrogens with zero attached hydrogens (tertiary/aromatic N) is 5. The summed E-state index contributed by atoms with van der Waals surface area (Å²) >= 11 is 0. The summed E-state index contributed by atoms with van der Waals surface area (Å²) in [5, 5.41) is 2.53. The number of benzene rings is 9. The summed E-state index contributed by atoms with van der Waals surface area (Å²) in [6.45, 7) is 23.9. The molecule has 0 spiro atoms. The van der Waals surface area contributed by atoms with Crippen LogP contribution < -0.4 is 15.8 Å². The summed E-state index contributed by atoms with van der Waals surface area (Å²) in [4.78, 5) is 18.0. The molecule has 0 radical (unpaired) electrons. The Balaban J connectivity index is 1.11. The fourth-order valence-corrected chi connectivity index (χ4v) is 14.1. The highest BCUT2D eigenvalue weighted by atomic mass is 15.2. The van der Waals surface area contributed by atoms with Gasteiger partial charge in [0.2, 0.25) is 0 Å². The van der Waals surface area contributed by atoms with Gasteiger partial charge in [0.05, 0.1) is 0 Å². The molecule has 0 unspecified atom stereocenters. The first-order valence-corrected chi connectivity index (χ1v) is 30.0. The molecule has 5 nitrogen and oxygen atoms in total. The molecule has 2 aromatic heterocycles. The van der Waals surface area contributed by atoms with E-state index in [-0.39, 0.29) is 6.85 Å². The number of fused-ring (bicyclic) bond motifs is 7. The molecule has 6 heteroatoms. The second-order valence-corrected chi connectivity index (χ2v) is 23.4. The van der Waals surface area contributed by atoms with Crippen molar-refractivity contribution in [2.45, 2.75) is 61.3 Å². The number of hydrogen-bond acceptors (Lipinski definition) is 4. The Bertz CT molecular complexity index is 4740. The fourth-order valence-electron chi connectivity index (χ4n) is 14.1. The van der Waals surface area contributed by atoms with Gasteiger partial charge in [-0.3, -0.25) is 0 Å². The number of allylic oxidation sites excluding steroid dienone is 12. The van der Waals surface area contributed by atoms with E-state index >= 15 is 0 Å². The maximum absolute atomic E-state index is 5.22. The van der Waals surface area contributed by atoms with Gasteiger partial charge in [0.25, 0.3) is 0 Å². The molecular weight excluding hydrogens is 1040 g/mol. The van der Waals surface area contributed by atoms with E-state index in [0.29, 0.717) is 17.5 Å². The van der Waals surface area contributed by atoms with Gasteiger partial charge in [-0.15, -0.1) is 0 Å². The minimum Gasteiger partial charge on any atom is -0.375 e. The van der Waals surface area contributed by atoms with Crippen LogP contribution in [0.2, 0.25) is 0 Å². The summed E-state index contributed by atoms with van der Waals surface area (Å²) in [5.74, 6) is 1.69. The van der Waals surface area contributed by atoms with Crippen molar-refractivity contribution in [3.63, 3.8) is 0 Å². The molecule has 0 bridgehead atoms. The van der Waals surface area contributed by atoms with Crippen LogP contribution in [0.4, 0.5) is 17.1 Å². The van der Waals surface area contributed by atoms with Crippen molar-refractivity contribution in [3.8, 4) is 67.3 Å². The first-order chi connectivity index (χ1) is 42.0. The highest BCUT2D eigenvalue weighted by molar-refractivity contribution is 6.90. The number of anilines is 3. The van der Waals surface area contributed by atoms with E-state index in [4.69, 9.17) is 15.0 Å². The largest absolute Gasteiger partial charge is 0.375 e. The number of aromatic nitrogens is 4.